The van der Waals surface area contributed by atoms with Gasteiger partial charge in [0.1, 0.15) is 0 Å². The van der Waals surface area contributed by atoms with Crippen LogP contribution in [0.3, 0.4) is 0 Å². The summed E-state index contributed by atoms with van der Waals surface area (Å²) < 4.78 is 10.7. The molecule has 0 radical (unpaired) electrons. The van der Waals surface area contributed by atoms with Crippen LogP contribution >= 0.6 is 0 Å². The lowest BCUT2D eigenvalue weighted by atomic mass is 10.0. The maximum absolute atomic E-state index is 5.41. The zero-order chi connectivity index (χ0) is 14.6. The van der Waals surface area contributed by atoms with Crippen molar-refractivity contribution in [3.8, 4) is 11.5 Å². The van der Waals surface area contributed by atoms with Gasteiger partial charge in [0.25, 0.3) is 0 Å². The van der Waals surface area contributed by atoms with Crippen LogP contribution in [-0.4, -0.2) is 20.3 Å². The Morgan fingerprint density at radius 1 is 1.05 bits per heavy atom. The molecule has 21 heavy (non-hydrogen) atoms. The first-order chi connectivity index (χ1) is 10.2. The zero-order valence-corrected chi connectivity index (χ0v) is 13.1. The summed E-state index contributed by atoms with van der Waals surface area (Å²) in [6.07, 6.45) is 4.47. The molecule has 0 heterocycles. The van der Waals surface area contributed by atoms with Gasteiger partial charge >= 0.3 is 0 Å². The summed E-state index contributed by atoms with van der Waals surface area (Å²) in [6, 6.07) is 7.39. The van der Waals surface area contributed by atoms with E-state index >= 15 is 0 Å². The molecule has 0 aliphatic heterocycles. The predicted molar refractivity (Wildman–Crippen MR) is 82.7 cm³/mol. The van der Waals surface area contributed by atoms with Crippen LogP contribution < -0.4 is 14.8 Å². The van der Waals surface area contributed by atoms with Gasteiger partial charge in [0.15, 0.2) is 11.5 Å². The van der Waals surface area contributed by atoms with Gasteiger partial charge in [-0.2, -0.15) is 0 Å². The van der Waals surface area contributed by atoms with Crippen molar-refractivity contribution < 1.29 is 9.47 Å². The molecular weight excluding hydrogens is 262 g/mol. The number of hydrogen-bond donors (Lipinski definition) is 1. The normalized spacial score (nSPS) is 37.2. The second-order valence-electron chi connectivity index (χ2n) is 7.02. The van der Waals surface area contributed by atoms with Gasteiger partial charge in [0.2, 0.25) is 0 Å². The SMILES string of the molecule is COc1ccc(C(C)NC2C3C4CCC(C4)C23)cc1OC. The standard InChI is InChI=1S/C18H25NO2/c1-10(11-6-7-14(20-2)15(9-11)21-3)19-18-16-12-4-5-13(8-12)17(16)18/h6-7,9-10,12-13,16-19H,4-5,8H2,1-3H3. The van der Waals surface area contributed by atoms with Crippen LogP contribution in [-0.2, 0) is 0 Å². The number of rotatable bonds is 5. The van der Waals surface area contributed by atoms with Crippen molar-refractivity contribution in [3.63, 3.8) is 0 Å². The lowest BCUT2D eigenvalue weighted by Crippen LogP contribution is -2.26. The van der Waals surface area contributed by atoms with E-state index in [0.717, 1.165) is 41.2 Å². The van der Waals surface area contributed by atoms with Crippen LogP contribution in [0.1, 0.15) is 37.8 Å². The highest BCUT2D eigenvalue weighted by Crippen LogP contribution is 2.65. The van der Waals surface area contributed by atoms with E-state index in [1.54, 1.807) is 14.2 Å². The topological polar surface area (TPSA) is 30.5 Å². The number of hydrogen-bond acceptors (Lipinski definition) is 3. The molecule has 0 amide bonds. The molecule has 3 aliphatic carbocycles. The van der Waals surface area contributed by atoms with Crippen molar-refractivity contribution in [3.05, 3.63) is 23.8 Å². The molecule has 0 saturated heterocycles. The molecule has 4 rings (SSSR count). The van der Waals surface area contributed by atoms with Crippen molar-refractivity contribution in [2.45, 2.75) is 38.3 Å². The van der Waals surface area contributed by atoms with E-state index in [1.165, 1.54) is 24.8 Å². The Morgan fingerprint density at radius 2 is 1.71 bits per heavy atom. The molecule has 3 saturated carbocycles. The third-order valence-electron chi connectivity index (χ3n) is 6.09. The third-order valence-corrected chi connectivity index (χ3v) is 6.09. The molecule has 2 bridgehead atoms. The van der Waals surface area contributed by atoms with Crippen LogP contribution in [0.5, 0.6) is 11.5 Å². The molecule has 0 spiro atoms. The van der Waals surface area contributed by atoms with Crippen molar-refractivity contribution in [1.29, 1.82) is 0 Å². The first kappa shape index (κ1) is 13.4. The van der Waals surface area contributed by atoms with Crippen LogP contribution in [0.15, 0.2) is 18.2 Å². The highest BCUT2D eigenvalue weighted by Gasteiger charge is 2.64. The van der Waals surface area contributed by atoms with Gasteiger partial charge < -0.3 is 14.8 Å². The molecule has 1 aromatic carbocycles. The zero-order valence-electron chi connectivity index (χ0n) is 13.1. The lowest BCUT2D eigenvalue weighted by Gasteiger charge is -2.19. The molecule has 3 heteroatoms. The number of benzene rings is 1. The van der Waals surface area contributed by atoms with Crippen molar-refractivity contribution in [1.82, 2.24) is 5.32 Å². The molecule has 3 nitrogen and oxygen atoms in total. The Bertz CT molecular complexity index is 528. The summed E-state index contributed by atoms with van der Waals surface area (Å²) in [4.78, 5) is 0. The summed E-state index contributed by atoms with van der Waals surface area (Å²) in [5.41, 5.74) is 1.28. The van der Waals surface area contributed by atoms with Crippen molar-refractivity contribution in [2.75, 3.05) is 14.2 Å². The van der Waals surface area contributed by atoms with Crippen LogP contribution in [0, 0.1) is 23.7 Å². The molecule has 3 fully saturated rings. The second-order valence-corrected chi connectivity index (χ2v) is 7.02. The van der Waals surface area contributed by atoms with Crippen LogP contribution in [0.2, 0.25) is 0 Å². The largest absolute Gasteiger partial charge is 0.493 e. The van der Waals surface area contributed by atoms with E-state index in [-0.39, 0.29) is 0 Å². The number of methoxy groups -OCH3 is 2. The fourth-order valence-corrected chi connectivity index (χ4v) is 5.06. The molecule has 5 atom stereocenters. The minimum absolute atomic E-state index is 0.375. The average molecular weight is 287 g/mol. The Kier molecular flexibility index (Phi) is 3.14. The van der Waals surface area contributed by atoms with E-state index in [9.17, 15) is 0 Å². The number of ether oxygens (including phenoxy) is 2. The third kappa shape index (κ3) is 2.05. The molecule has 114 valence electrons. The molecular formula is C18H25NO2. The van der Waals surface area contributed by atoms with E-state index in [1.807, 2.05) is 6.07 Å². The van der Waals surface area contributed by atoms with Gasteiger partial charge in [-0.3, -0.25) is 0 Å². The maximum Gasteiger partial charge on any atom is 0.161 e. The van der Waals surface area contributed by atoms with Gasteiger partial charge in [-0.15, -0.1) is 0 Å². The van der Waals surface area contributed by atoms with Crippen LogP contribution in [0.25, 0.3) is 0 Å². The summed E-state index contributed by atoms with van der Waals surface area (Å²) in [7, 11) is 3.38. The fourth-order valence-electron chi connectivity index (χ4n) is 5.06. The Hall–Kier alpha value is -1.22. The Labute approximate surface area is 127 Å². The van der Waals surface area contributed by atoms with Gasteiger partial charge in [-0.05, 0) is 67.6 Å². The number of nitrogens with one attached hydrogen (secondary N) is 1. The fraction of sp³-hybridized carbons (Fsp3) is 0.667. The maximum atomic E-state index is 5.41. The average Bonchev–Trinajstić information content (AvgIpc) is 2.90. The van der Waals surface area contributed by atoms with Gasteiger partial charge in [0, 0.05) is 12.1 Å². The first-order valence-electron chi connectivity index (χ1n) is 8.21. The molecule has 0 aromatic heterocycles. The molecule has 1 aromatic rings. The lowest BCUT2D eigenvalue weighted by molar-refractivity contribution is 0.353. The van der Waals surface area contributed by atoms with Gasteiger partial charge in [0.05, 0.1) is 14.2 Å². The second kappa shape index (κ2) is 4.91. The van der Waals surface area contributed by atoms with Crippen molar-refractivity contribution >= 4 is 0 Å². The van der Waals surface area contributed by atoms with E-state index in [0.29, 0.717) is 6.04 Å². The quantitative estimate of drug-likeness (QED) is 0.900. The highest BCUT2D eigenvalue weighted by atomic mass is 16.5. The summed E-state index contributed by atoms with van der Waals surface area (Å²) in [6.45, 7) is 2.26. The summed E-state index contributed by atoms with van der Waals surface area (Å²) in [5.74, 6) is 5.62. The first-order valence-corrected chi connectivity index (χ1v) is 8.21. The molecule has 3 aliphatic rings. The van der Waals surface area contributed by atoms with Crippen molar-refractivity contribution in [2.24, 2.45) is 23.7 Å². The van der Waals surface area contributed by atoms with Crippen LogP contribution in [0.4, 0.5) is 0 Å². The number of fused-ring (bicyclic) bond motifs is 5. The smallest absolute Gasteiger partial charge is 0.161 e. The molecule has 1 N–H and O–H groups in total. The molecule has 5 unspecified atom stereocenters. The minimum atomic E-state index is 0.375. The van der Waals surface area contributed by atoms with Gasteiger partial charge in [-0.25, -0.2) is 0 Å². The monoisotopic (exact) mass is 287 g/mol. The summed E-state index contributed by atoms with van der Waals surface area (Å²) in [5, 5.41) is 3.87. The van der Waals surface area contributed by atoms with E-state index in [4.69, 9.17) is 9.47 Å². The Morgan fingerprint density at radius 3 is 2.33 bits per heavy atom. The van der Waals surface area contributed by atoms with E-state index in [2.05, 4.69) is 24.4 Å². The highest BCUT2D eigenvalue weighted by molar-refractivity contribution is 5.43. The predicted octanol–water partition coefficient (Wildman–Crippen LogP) is 3.40. The Balaban J connectivity index is 1.45. The minimum Gasteiger partial charge on any atom is -0.493 e. The summed E-state index contributed by atoms with van der Waals surface area (Å²) >= 11 is 0. The van der Waals surface area contributed by atoms with E-state index < -0.39 is 0 Å². The van der Waals surface area contributed by atoms with Gasteiger partial charge in [-0.1, -0.05) is 6.07 Å².